The minimum atomic E-state index is -0.215. The van der Waals surface area contributed by atoms with E-state index in [4.69, 9.17) is 0 Å². The first-order chi connectivity index (χ1) is 34.3. The number of fused-ring (bicyclic) bond motifs is 9. The lowest BCUT2D eigenvalue weighted by atomic mass is 9.33. The number of hydrogen-bond acceptors (Lipinski definition) is 2. The Labute approximate surface area is 430 Å². The van der Waals surface area contributed by atoms with Gasteiger partial charge in [0.05, 0.1) is 5.69 Å². The quantitative estimate of drug-likeness (QED) is 0.162. The summed E-state index contributed by atoms with van der Waals surface area (Å²) in [5, 5.41) is 0. The Morgan fingerprint density at radius 1 is 0.486 bits per heavy atom. The van der Waals surface area contributed by atoms with Gasteiger partial charge in [0.25, 0.3) is 6.71 Å². The highest BCUT2D eigenvalue weighted by molar-refractivity contribution is 7.00. The topological polar surface area (TPSA) is 6.48 Å². The van der Waals surface area contributed by atoms with Gasteiger partial charge in [-0.2, -0.15) is 0 Å². The molecule has 4 aliphatic rings. The van der Waals surface area contributed by atoms with Crippen LogP contribution in [0.1, 0.15) is 133 Å². The molecule has 2 unspecified atom stereocenters. The number of hydrogen-bond donors (Lipinski definition) is 0. The van der Waals surface area contributed by atoms with Gasteiger partial charge in [-0.3, -0.25) is 0 Å². The van der Waals surface area contributed by atoms with Gasteiger partial charge < -0.3 is 9.80 Å². The molecule has 0 saturated carbocycles. The second-order valence-corrected chi connectivity index (χ2v) is 25.0. The zero-order chi connectivity index (χ0) is 50.3. The average molecular weight is 937 g/mol. The summed E-state index contributed by atoms with van der Waals surface area (Å²) >= 11 is 0. The Bertz CT molecular complexity index is 3520. The molecule has 0 amide bonds. The summed E-state index contributed by atoms with van der Waals surface area (Å²) in [6.07, 6.45) is 4.78. The van der Waals surface area contributed by atoms with Crippen LogP contribution >= 0.6 is 0 Å². The summed E-state index contributed by atoms with van der Waals surface area (Å²) in [5.74, 6) is 0. The molecule has 358 valence electrons. The number of benzene rings is 8. The molecule has 2 aliphatic heterocycles. The van der Waals surface area contributed by atoms with Crippen molar-refractivity contribution in [2.75, 3.05) is 9.80 Å². The molecule has 2 aliphatic carbocycles. The maximum Gasteiger partial charge on any atom is 0.252 e. The van der Waals surface area contributed by atoms with Gasteiger partial charge in [-0.25, -0.2) is 0 Å². The monoisotopic (exact) mass is 937 g/mol. The number of aryl methyl sites for hydroxylation is 2. The van der Waals surface area contributed by atoms with Crippen LogP contribution in [-0.2, 0) is 33.5 Å². The van der Waals surface area contributed by atoms with Crippen molar-refractivity contribution in [1.82, 2.24) is 0 Å². The van der Waals surface area contributed by atoms with E-state index in [0.717, 1.165) is 12.8 Å². The Kier molecular flexibility index (Phi) is 10.3. The predicted molar refractivity (Wildman–Crippen MR) is 311 cm³/mol. The van der Waals surface area contributed by atoms with Gasteiger partial charge in [0.1, 0.15) is 0 Å². The lowest BCUT2D eigenvalue weighted by Crippen LogP contribution is -2.61. The van der Waals surface area contributed by atoms with E-state index in [2.05, 4.69) is 269 Å². The molecule has 3 heteroatoms. The summed E-state index contributed by atoms with van der Waals surface area (Å²) in [6, 6.07) is 65.9. The summed E-state index contributed by atoms with van der Waals surface area (Å²) in [7, 11) is 0. The Morgan fingerprint density at radius 2 is 1.10 bits per heavy atom. The molecule has 0 spiro atoms. The summed E-state index contributed by atoms with van der Waals surface area (Å²) in [5.41, 5.74) is 27.4. The molecule has 0 saturated heterocycles. The van der Waals surface area contributed by atoms with Crippen molar-refractivity contribution in [3.05, 3.63) is 220 Å². The van der Waals surface area contributed by atoms with Crippen LogP contribution in [0.25, 0.3) is 22.8 Å². The SMILES string of the molecule is Cc1cc2c3c(c1)N(c1ccc(C(C)(C)C)cc1-c1ccccc1)c1ccccc1B3c1ccc(/C=C3\c4ccc(C(C)(C)C)cc4C4(C)CCc5ccccc5C34C)cc1N2c1ccc(C(C)(C)C)cc1. The van der Waals surface area contributed by atoms with Crippen molar-refractivity contribution in [3.8, 4) is 11.1 Å². The van der Waals surface area contributed by atoms with Gasteiger partial charge >= 0.3 is 0 Å². The van der Waals surface area contributed by atoms with Gasteiger partial charge in [0, 0.05) is 44.8 Å². The Balaban J connectivity index is 1.11. The third-order valence-corrected chi connectivity index (χ3v) is 17.5. The summed E-state index contributed by atoms with van der Waals surface area (Å²) in [4.78, 5) is 5.18. The molecule has 2 atom stereocenters. The lowest BCUT2D eigenvalue weighted by Gasteiger charge is -2.48. The molecule has 2 heterocycles. The van der Waals surface area contributed by atoms with E-state index in [-0.39, 0.29) is 33.8 Å². The highest BCUT2D eigenvalue weighted by Crippen LogP contribution is 2.64. The fraction of sp³-hybridized carbons (Fsp3) is 0.275. The van der Waals surface area contributed by atoms with Crippen LogP contribution in [0, 0.1) is 6.92 Å². The van der Waals surface area contributed by atoms with E-state index in [1.165, 1.54) is 117 Å². The van der Waals surface area contributed by atoms with Gasteiger partial charge in [-0.1, -0.05) is 204 Å². The van der Waals surface area contributed by atoms with Crippen LogP contribution in [0.15, 0.2) is 170 Å². The zero-order valence-electron chi connectivity index (χ0n) is 44.6. The number of nitrogens with zero attached hydrogens (tertiary/aromatic N) is 2. The third kappa shape index (κ3) is 6.97. The minimum Gasteiger partial charge on any atom is -0.311 e. The van der Waals surface area contributed by atoms with Crippen molar-refractivity contribution in [2.24, 2.45) is 0 Å². The molecule has 0 fully saturated rings. The van der Waals surface area contributed by atoms with Crippen LogP contribution in [0.5, 0.6) is 0 Å². The largest absolute Gasteiger partial charge is 0.311 e. The van der Waals surface area contributed by atoms with Crippen LogP contribution < -0.4 is 26.2 Å². The molecule has 12 rings (SSSR count). The Morgan fingerprint density at radius 3 is 1.82 bits per heavy atom. The van der Waals surface area contributed by atoms with Gasteiger partial charge in [0.2, 0.25) is 0 Å². The average Bonchev–Trinajstić information content (AvgIpc) is 3.55. The highest BCUT2D eigenvalue weighted by Gasteiger charge is 2.58. The smallest absolute Gasteiger partial charge is 0.252 e. The van der Waals surface area contributed by atoms with Crippen LogP contribution in [0.2, 0.25) is 0 Å². The predicted octanol–water partition coefficient (Wildman–Crippen LogP) is 16.4. The van der Waals surface area contributed by atoms with E-state index in [0.29, 0.717) is 0 Å². The normalized spacial score (nSPS) is 19.3. The van der Waals surface area contributed by atoms with Crippen molar-refractivity contribution in [1.29, 1.82) is 0 Å². The minimum absolute atomic E-state index is 0.00773. The number of allylic oxidation sites excluding steroid dienone is 1. The molecule has 72 heavy (non-hydrogen) atoms. The van der Waals surface area contributed by atoms with Crippen LogP contribution in [0.4, 0.5) is 34.1 Å². The number of para-hydroxylation sites is 1. The fourth-order valence-electron chi connectivity index (χ4n) is 13.2. The van der Waals surface area contributed by atoms with E-state index in [9.17, 15) is 0 Å². The van der Waals surface area contributed by atoms with E-state index in [1.54, 1.807) is 0 Å². The van der Waals surface area contributed by atoms with Crippen LogP contribution in [0.3, 0.4) is 0 Å². The molecule has 8 aromatic carbocycles. The molecule has 2 nitrogen and oxygen atoms in total. The maximum absolute atomic E-state index is 2.60. The maximum atomic E-state index is 2.60. The second kappa shape index (κ2) is 16.1. The molecule has 0 aromatic heterocycles. The van der Waals surface area contributed by atoms with Gasteiger partial charge in [-0.15, -0.1) is 0 Å². The summed E-state index contributed by atoms with van der Waals surface area (Å²) in [6.45, 7) is 28.4. The van der Waals surface area contributed by atoms with Crippen molar-refractivity contribution in [2.45, 2.75) is 123 Å². The fourth-order valence-corrected chi connectivity index (χ4v) is 13.2. The Hall–Kier alpha value is -6.84. The molecule has 0 radical (unpaired) electrons. The molecular formula is C69H69BN2. The van der Waals surface area contributed by atoms with E-state index in [1.807, 2.05) is 0 Å². The van der Waals surface area contributed by atoms with E-state index < -0.39 is 0 Å². The summed E-state index contributed by atoms with van der Waals surface area (Å²) < 4.78 is 0. The number of rotatable bonds is 4. The van der Waals surface area contributed by atoms with E-state index >= 15 is 0 Å². The zero-order valence-corrected chi connectivity index (χ0v) is 44.6. The first-order valence-electron chi connectivity index (χ1n) is 26.5. The van der Waals surface area contributed by atoms with Crippen molar-refractivity contribution < 1.29 is 0 Å². The standard InChI is InChI=1S/C69H69BN2/c1-44-38-62-64-63(39-44)72(59-35-30-49(66(5,6)7)42-53(59)46-20-14-13-15-21-46)60-25-19-18-24-57(60)70(64)58-34-26-45(41-61(58)71(62)51-31-27-48(28-32-51)65(2,3)4)40-56-52-33-29-50(67(8,9)10)43-55(52)68(11)37-36-47-22-16-17-23-54(47)69(56,68)12/h13-35,38-43H,36-37H2,1-12H3/b56-40+. The highest BCUT2D eigenvalue weighted by atomic mass is 15.2. The van der Waals surface area contributed by atoms with Crippen molar-refractivity contribution in [3.63, 3.8) is 0 Å². The van der Waals surface area contributed by atoms with Crippen molar-refractivity contribution >= 4 is 68.9 Å². The molecular weight excluding hydrogens is 868 g/mol. The molecule has 8 aromatic rings. The van der Waals surface area contributed by atoms with Gasteiger partial charge in [0.15, 0.2) is 0 Å². The third-order valence-electron chi connectivity index (χ3n) is 17.5. The first kappa shape index (κ1) is 46.2. The lowest BCUT2D eigenvalue weighted by molar-refractivity contribution is 0.296. The molecule has 0 bridgehead atoms. The number of anilines is 6. The second-order valence-electron chi connectivity index (χ2n) is 25.0. The van der Waals surface area contributed by atoms with Crippen LogP contribution in [-0.4, -0.2) is 6.71 Å². The van der Waals surface area contributed by atoms with Gasteiger partial charge in [-0.05, 0) is 162 Å². The first-order valence-corrected chi connectivity index (χ1v) is 26.5. The molecule has 0 N–H and O–H groups in total.